The maximum Gasteiger partial charge on any atom is 0.342 e. The number of nitrogens with one attached hydrogen (secondary N) is 2. The highest BCUT2D eigenvalue weighted by atomic mass is 16.5. The number of rotatable bonds is 4. The molecule has 7 heteroatoms. The summed E-state index contributed by atoms with van der Waals surface area (Å²) in [6, 6.07) is 14.9. The average molecular weight is 392 g/mol. The lowest BCUT2D eigenvalue weighted by molar-refractivity contribution is -0.123. The molecule has 3 amide bonds. The van der Waals surface area contributed by atoms with Crippen LogP contribution in [0.5, 0.6) is 5.75 Å². The zero-order valence-corrected chi connectivity index (χ0v) is 16.0. The Labute approximate surface area is 167 Å². The van der Waals surface area contributed by atoms with E-state index in [1.807, 2.05) is 32.0 Å². The number of amides is 3. The number of hydrogen-bond acceptors (Lipinski definition) is 5. The first-order valence-corrected chi connectivity index (χ1v) is 8.90. The molecular weight excluding hydrogens is 372 g/mol. The highest BCUT2D eigenvalue weighted by molar-refractivity contribution is 6.03. The molecule has 0 bridgehead atoms. The van der Waals surface area contributed by atoms with E-state index in [2.05, 4.69) is 10.6 Å². The average Bonchev–Trinajstić information content (AvgIpc) is 2.67. The van der Waals surface area contributed by atoms with Gasteiger partial charge in [-0.2, -0.15) is 0 Å². The molecule has 3 rings (SSSR count). The number of phenolic OH excluding ortho intramolecular Hbond substituents is 1. The molecule has 0 aliphatic carbocycles. The van der Waals surface area contributed by atoms with Gasteiger partial charge in [-0.15, -0.1) is 0 Å². The van der Waals surface area contributed by atoms with Crippen LogP contribution in [0.3, 0.4) is 0 Å². The predicted octanol–water partition coefficient (Wildman–Crippen LogP) is 3.67. The summed E-state index contributed by atoms with van der Waals surface area (Å²) in [5, 5.41) is 16.2. The quantitative estimate of drug-likeness (QED) is 0.588. The molecule has 0 aliphatic heterocycles. The molecule has 0 saturated heterocycles. The second-order valence-corrected chi connectivity index (χ2v) is 6.61. The molecule has 0 fully saturated rings. The van der Waals surface area contributed by atoms with E-state index >= 15 is 0 Å². The van der Waals surface area contributed by atoms with E-state index in [0.29, 0.717) is 5.69 Å². The molecule has 148 valence electrons. The van der Waals surface area contributed by atoms with Crippen LogP contribution in [-0.4, -0.2) is 29.6 Å². The Morgan fingerprint density at radius 3 is 2.34 bits per heavy atom. The van der Waals surface area contributed by atoms with E-state index in [9.17, 15) is 19.5 Å². The zero-order valence-electron chi connectivity index (χ0n) is 16.0. The summed E-state index contributed by atoms with van der Waals surface area (Å²) in [6.07, 6.45) is 0. The van der Waals surface area contributed by atoms with Crippen LogP contribution >= 0.6 is 0 Å². The smallest absolute Gasteiger partial charge is 0.342 e. The van der Waals surface area contributed by atoms with Gasteiger partial charge < -0.3 is 15.2 Å². The monoisotopic (exact) mass is 392 g/mol. The fraction of sp³-hybridized carbons (Fsp3) is 0.136. The molecule has 0 radical (unpaired) electrons. The Balaban J connectivity index is 1.57. The topological polar surface area (TPSA) is 105 Å². The van der Waals surface area contributed by atoms with Crippen LogP contribution in [-0.2, 0) is 9.53 Å². The van der Waals surface area contributed by atoms with Gasteiger partial charge in [0, 0.05) is 5.69 Å². The number of hydrogen-bond donors (Lipinski definition) is 3. The van der Waals surface area contributed by atoms with Crippen LogP contribution < -0.4 is 10.6 Å². The van der Waals surface area contributed by atoms with E-state index in [1.165, 1.54) is 12.1 Å². The minimum absolute atomic E-state index is 0.0590. The second-order valence-electron chi connectivity index (χ2n) is 6.61. The van der Waals surface area contributed by atoms with Gasteiger partial charge in [0.15, 0.2) is 6.61 Å². The molecule has 7 nitrogen and oxygen atoms in total. The number of imide groups is 1. The number of aryl methyl sites for hydroxylation is 2. The molecule has 0 heterocycles. The van der Waals surface area contributed by atoms with Crippen molar-refractivity contribution in [1.82, 2.24) is 5.32 Å². The first-order chi connectivity index (χ1) is 13.8. The largest absolute Gasteiger partial charge is 0.507 e. The highest BCUT2D eigenvalue weighted by Gasteiger charge is 2.17. The van der Waals surface area contributed by atoms with Gasteiger partial charge >= 0.3 is 12.0 Å². The predicted molar refractivity (Wildman–Crippen MR) is 109 cm³/mol. The summed E-state index contributed by atoms with van der Waals surface area (Å²) in [6.45, 7) is 3.11. The number of ether oxygens (including phenoxy) is 1. The second kappa shape index (κ2) is 8.43. The van der Waals surface area contributed by atoms with E-state index in [4.69, 9.17) is 4.74 Å². The van der Waals surface area contributed by atoms with Crippen molar-refractivity contribution in [1.29, 1.82) is 0 Å². The Kier molecular flexibility index (Phi) is 5.78. The summed E-state index contributed by atoms with van der Waals surface area (Å²) < 4.78 is 4.92. The number of fused-ring (bicyclic) bond motifs is 1. The van der Waals surface area contributed by atoms with Gasteiger partial charge in [0.05, 0.1) is 0 Å². The van der Waals surface area contributed by atoms with Gasteiger partial charge in [0.2, 0.25) is 0 Å². The number of phenols is 1. The van der Waals surface area contributed by atoms with Crippen LogP contribution in [0.1, 0.15) is 21.5 Å². The van der Waals surface area contributed by atoms with Crippen LogP contribution in [0.25, 0.3) is 10.8 Å². The molecule has 3 aromatic carbocycles. The molecule has 0 aromatic heterocycles. The van der Waals surface area contributed by atoms with Gasteiger partial charge in [-0.05, 0) is 48.4 Å². The standard InChI is InChI=1S/C22H20N2O5/c1-13-7-8-18(14(2)9-13)23-22(28)24-20(26)12-29-21(27)17-10-15-5-3-4-6-16(15)11-19(17)25/h3-11,25H,12H2,1-2H3,(H2,23,24,26,28). The van der Waals surface area contributed by atoms with Crippen LogP contribution in [0, 0.1) is 13.8 Å². The van der Waals surface area contributed by atoms with E-state index in [0.717, 1.165) is 21.9 Å². The molecule has 0 saturated carbocycles. The van der Waals surface area contributed by atoms with Crippen molar-refractivity contribution in [3.8, 4) is 5.75 Å². The minimum Gasteiger partial charge on any atom is -0.507 e. The van der Waals surface area contributed by atoms with Crippen molar-refractivity contribution in [2.45, 2.75) is 13.8 Å². The lowest BCUT2D eigenvalue weighted by Gasteiger charge is -2.10. The van der Waals surface area contributed by atoms with Crippen molar-refractivity contribution in [2.75, 3.05) is 11.9 Å². The number of anilines is 1. The van der Waals surface area contributed by atoms with Gasteiger partial charge in [0.25, 0.3) is 5.91 Å². The number of carbonyl (C=O) groups excluding carboxylic acids is 3. The summed E-state index contributed by atoms with van der Waals surface area (Å²) in [7, 11) is 0. The van der Waals surface area contributed by atoms with Gasteiger partial charge in [-0.1, -0.05) is 42.0 Å². The van der Waals surface area contributed by atoms with Crippen LogP contribution in [0.2, 0.25) is 0 Å². The maximum atomic E-state index is 12.2. The fourth-order valence-electron chi connectivity index (χ4n) is 2.87. The number of urea groups is 1. The third-order valence-electron chi connectivity index (χ3n) is 4.30. The highest BCUT2D eigenvalue weighted by Crippen LogP contribution is 2.25. The zero-order chi connectivity index (χ0) is 21.0. The number of esters is 1. The van der Waals surface area contributed by atoms with Crippen molar-refractivity contribution in [3.05, 3.63) is 71.3 Å². The van der Waals surface area contributed by atoms with Crippen LogP contribution in [0.4, 0.5) is 10.5 Å². The normalized spacial score (nSPS) is 10.4. The third kappa shape index (κ3) is 4.90. The summed E-state index contributed by atoms with van der Waals surface area (Å²) >= 11 is 0. The summed E-state index contributed by atoms with van der Waals surface area (Å²) in [5.41, 5.74) is 2.41. The lowest BCUT2D eigenvalue weighted by Crippen LogP contribution is -2.37. The van der Waals surface area contributed by atoms with Gasteiger partial charge in [-0.25, -0.2) is 9.59 Å². The van der Waals surface area contributed by atoms with Crippen molar-refractivity contribution in [2.24, 2.45) is 0 Å². The van der Waals surface area contributed by atoms with Crippen LogP contribution in [0.15, 0.2) is 54.6 Å². The van der Waals surface area contributed by atoms with Crippen molar-refractivity contribution < 1.29 is 24.2 Å². The maximum absolute atomic E-state index is 12.2. The number of carbonyl (C=O) groups is 3. The fourth-order valence-corrected chi connectivity index (χ4v) is 2.87. The number of aromatic hydroxyl groups is 1. The SMILES string of the molecule is Cc1ccc(NC(=O)NC(=O)COC(=O)c2cc3ccccc3cc2O)c(C)c1. The lowest BCUT2D eigenvalue weighted by atomic mass is 10.1. The molecule has 3 aromatic rings. The first-order valence-electron chi connectivity index (χ1n) is 8.90. The van der Waals surface area contributed by atoms with Crippen molar-refractivity contribution >= 4 is 34.4 Å². The summed E-state index contributed by atoms with van der Waals surface area (Å²) in [4.78, 5) is 36.1. The van der Waals surface area contributed by atoms with E-state index in [1.54, 1.807) is 24.3 Å². The summed E-state index contributed by atoms with van der Waals surface area (Å²) in [5.74, 6) is -1.90. The van der Waals surface area contributed by atoms with Gasteiger partial charge in [0.1, 0.15) is 11.3 Å². The Hall–Kier alpha value is -3.87. The molecular formula is C22H20N2O5. The molecule has 0 atom stereocenters. The molecule has 3 N–H and O–H groups in total. The Bertz CT molecular complexity index is 1110. The molecule has 0 unspecified atom stereocenters. The third-order valence-corrected chi connectivity index (χ3v) is 4.30. The Morgan fingerprint density at radius 1 is 0.966 bits per heavy atom. The molecule has 0 aliphatic rings. The minimum atomic E-state index is -0.863. The van der Waals surface area contributed by atoms with E-state index < -0.39 is 24.5 Å². The Morgan fingerprint density at radius 2 is 1.66 bits per heavy atom. The first kappa shape index (κ1) is 19.9. The number of benzene rings is 3. The molecule has 0 spiro atoms. The van der Waals surface area contributed by atoms with Crippen molar-refractivity contribution in [3.63, 3.8) is 0 Å². The molecule has 29 heavy (non-hydrogen) atoms. The van der Waals surface area contributed by atoms with Gasteiger partial charge in [-0.3, -0.25) is 10.1 Å². The van der Waals surface area contributed by atoms with E-state index in [-0.39, 0.29) is 11.3 Å².